The highest BCUT2D eigenvalue weighted by molar-refractivity contribution is 7.10. The van der Waals surface area contributed by atoms with Crippen LogP contribution in [0.25, 0.3) is 33.4 Å². The van der Waals surface area contributed by atoms with Crippen molar-refractivity contribution in [2.24, 2.45) is 28.2 Å². The first-order valence-corrected chi connectivity index (χ1v) is 23.0. The summed E-state index contributed by atoms with van der Waals surface area (Å²) >= 11 is 1.33. The molecule has 330 valence electrons. The molecule has 1 saturated carbocycles. The van der Waals surface area contributed by atoms with Crippen LogP contribution in [0.4, 0.5) is 0 Å². The number of carbonyl (C=O) groups is 4. The quantitative estimate of drug-likeness (QED) is 0.185. The van der Waals surface area contributed by atoms with Crippen molar-refractivity contribution >= 4 is 51.6 Å². The number of carbonyl (C=O) groups excluding carboxylic acids is 4. The van der Waals surface area contributed by atoms with Gasteiger partial charge in [-0.25, -0.2) is 15.4 Å². The van der Waals surface area contributed by atoms with Gasteiger partial charge in [0.05, 0.1) is 41.6 Å². The molecule has 2 saturated heterocycles. The molecule has 3 fully saturated rings. The van der Waals surface area contributed by atoms with E-state index in [2.05, 4.69) is 60.0 Å². The Balaban J connectivity index is 1.28. The van der Waals surface area contributed by atoms with Gasteiger partial charge in [-0.2, -0.15) is 0 Å². The fourth-order valence-electron chi connectivity index (χ4n) is 9.63. The van der Waals surface area contributed by atoms with Gasteiger partial charge >= 0.3 is 5.97 Å². The fraction of sp³-hybridized carbons (Fsp3) is 0.553. The number of fused-ring (bicyclic) bond motifs is 6. The van der Waals surface area contributed by atoms with Gasteiger partial charge in [-0.3, -0.25) is 29.2 Å². The number of benzene rings is 1. The first kappa shape index (κ1) is 43.8. The van der Waals surface area contributed by atoms with Crippen LogP contribution in [0.2, 0.25) is 0 Å². The highest BCUT2D eigenvalue weighted by Crippen LogP contribution is 2.49. The summed E-state index contributed by atoms with van der Waals surface area (Å²) in [6.45, 7) is 16.4. The first-order valence-electron chi connectivity index (χ1n) is 22.1. The van der Waals surface area contributed by atoms with Crippen molar-refractivity contribution in [2.45, 2.75) is 105 Å². The number of likely N-dealkylation sites (tertiary alicyclic amines) is 1. The van der Waals surface area contributed by atoms with E-state index in [0.717, 1.165) is 51.8 Å². The molecule has 8 rings (SSSR count). The van der Waals surface area contributed by atoms with E-state index in [1.165, 1.54) is 16.3 Å². The summed E-state index contributed by atoms with van der Waals surface area (Å²) in [7, 11) is 1.69. The average Bonchev–Trinajstić information content (AvgIpc) is 3.73. The van der Waals surface area contributed by atoms with Crippen LogP contribution in [0, 0.1) is 23.2 Å². The molecular weight excluding hydrogens is 807 g/mol. The van der Waals surface area contributed by atoms with Crippen LogP contribution in [-0.4, -0.2) is 99.8 Å². The molecule has 1 aliphatic carbocycles. The van der Waals surface area contributed by atoms with E-state index in [0.29, 0.717) is 49.6 Å². The van der Waals surface area contributed by atoms with E-state index in [1.807, 2.05) is 37.1 Å². The number of ether oxygens (including phenoxy) is 3. The van der Waals surface area contributed by atoms with Gasteiger partial charge in [0.1, 0.15) is 16.8 Å². The Bertz CT molecular complexity index is 2420. The topological polar surface area (TPSA) is 158 Å². The zero-order valence-electron chi connectivity index (χ0n) is 37.2. The van der Waals surface area contributed by atoms with Crippen molar-refractivity contribution in [3.05, 3.63) is 58.2 Å². The summed E-state index contributed by atoms with van der Waals surface area (Å²) < 4.78 is 20.7. The molecule has 1 aromatic carbocycles. The second-order valence-electron chi connectivity index (χ2n) is 18.1. The molecule has 62 heavy (non-hydrogen) atoms. The van der Waals surface area contributed by atoms with E-state index < -0.39 is 46.7 Å². The number of nitrogens with zero attached hydrogens (tertiary/aromatic N) is 6. The van der Waals surface area contributed by atoms with Crippen LogP contribution >= 0.6 is 11.3 Å². The lowest BCUT2D eigenvalue weighted by atomic mass is 9.84. The third-order valence-corrected chi connectivity index (χ3v) is 14.2. The Hall–Kier alpha value is -4.83. The lowest BCUT2D eigenvalue weighted by Gasteiger charge is -2.36. The number of aliphatic imine (C=N–C) groups is 1. The maximum absolute atomic E-state index is 14.9. The number of methoxy groups -OCH3 is 1. The maximum atomic E-state index is 14.9. The SMILES string of the molecule is CCOC1(C)C(=NC(=O)[C@@H]2[C@@H](C)[C@H]2C(=O)N2CCCC2)C(=O)N2CCC[C@H](N2)C(=O)OCC(C)(C)Cc2c(-c3cccnc3[C@H](C)OC)n(CC)c3ccc(cc23)-c2csc1n2. The highest BCUT2D eigenvalue weighted by atomic mass is 32.1. The molecule has 14 nitrogen and oxygen atoms in total. The second-order valence-corrected chi connectivity index (χ2v) is 19.0. The van der Waals surface area contributed by atoms with Crippen molar-refractivity contribution in [1.82, 2.24) is 29.9 Å². The number of cyclic esters (lactones) is 1. The number of nitrogens with one attached hydrogen (secondary N) is 1. The van der Waals surface area contributed by atoms with Crippen molar-refractivity contribution in [1.29, 1.82) is 0 Å². The summed E-state index contributed by atoms with van der Waals surface area (Å²) in [6.07, 6.45) is 4.95. The number of aromatic nitrogens is 3. The minimum absolute atomic E-state index is 0.0316. The smallest absolute Gasteiger partial charge is 0.324 e. The van der Waals surface area contributed by atoms with E-state index in [-0.39, 0.29) is 43.4 Å². The number of amides is 3. The first-order chi connectivity index (χ1) is 29.7. The molecule has 0 radical (unpaired) electrons. The Morgan fingerprint density at radius 2 is 1.85 bits per heavy atom. The maximum Gasteiger partial charge on any atom is 0.324 e. The number of hydrogen-bond acceptors (Lipinski definition) is 11. The molecule has 1 unspecified atom stereocenters. The number of hydrogen-bond donors (Lipinski definition) is 1. The van der Waals surface area contributed by atoms with Crippen LogP contribution in [0.5, 0.6) is 0 Å². The Kier molecular flexibility index (Phi) is 12.3. The van der Waals surface area contributed by atoms with Gasteiger partial charge in [-0.05, 0) is 95.5 Å². The van der Waals surface area contributed by atoms with Crippen molar-refractivity contribution in [2.75, 3.05) is 40.0 Å². The molecule has 4 aliphatic rings. The zero-order valence-corrected chi connectivity index (χ0v) is 38.0. The van der Waals surface area contributed by atoms with Crippen LogP contribution in [0.1, 0.15) is 96.5 Å². The molecule has 1 N–H and O–H groups in total. The number of rotatable bonds is 8. The second kappa shape index (κ2) is 17.4. The molecule has 3 aliphatic heterocycles. The number of esters is 1. The van der Waals surface area contributed by atoms with Crippen molar-refractivity contribution < 1.29 is 33.4 Å². The van der Waals surface area contributed by atoms with E-state index in [4.69, 9.17) is 24.2 Å². The number of pyridine rings is 1. The molecule has 3 amide bonds. The number of thiazole rings is 1. The molecular formula is C47H59N7O7S. The van der Waals surface area contributed by atoms with Gasteiger partial charge in [0.25, 0.3) is 5.91 Å². The standard InChI is InChI=1S/C47H59N7O7S/c1-9-53-35-18-17-29-23-31(35)32(39(53)30-15-13-19-48-38(30)28(4)59-8)24-46(5,6)26-60-44(58)33-16-14-22-54(51-33)43(57)40(47(7,61-10-2)45-49-34(29)25-62-45)50-41(55)36-27(3)37(36)42(56)52-20-11-12-21-52/h13,15,17-19,23,25,27-28,33,36-37,51H,9-12,14,16,20-22,24,26H2,1-8H3/t27-,28+,33+,36-,37-,47?/m1/s1. The predicted molar refractivity (Wildman–Crippen MR) is 237 cm³/mol. The molecule has 6 atom stereocenters. The van der Waals surface area contributed by atoms with Crippen LogP contribution in [-0.2, 0) is 52.0 Å². The largest absolute Gasteiger partial charge is 0.464 e. The molecule has 15 heteroatoms. The van der Waals surface area contributed by atoms with Crippen molar-refractivity contribution in [3.8, 4) is 22.5 Å². The minimum Gasteiger partial charge on any atom is -0.464 e. The van der Waals surface area contributed by atoms with Gasteiger partial charge in [-0.1, -0.05) is 26.8 Å². The number of hydrazine groups is 1. The van der Waals surface area contributed by atoms with Gasteiger partial charge in [0.2, 0.25) is 11.8 Å². The normalized spacial score (nSPS) is 26.4. The van der Waals surface area contributed by atoms with E-state index in [9.17, 15) is 19.2 Å². The summed E-state index contributed by atoms with van der Waals surface area (Å²) in [5.74, 6) is -3.00. The molecule has 0 spiro atoms. The van der Waals surface area contributed by atoms with Crippen LogP contribution < -0.4 is 5.43 Å². The summed E-state index contributed by atoms with van der Waals surface area (Å²) in [6, 6.07) is 9.56. The third kappa shape index (κ3) is 8.01. The lowest BCUT2D eigenvalue weighted by Crippen LogP contribution is -2.59. The lowest BCUT2D eigenvalue weighted by molar-refractivity contribution is -0.153. The van der Waals surface area contributed by atoms with Crippen LogP contribution in [0.3, 0.4) is 0 Å². The highest BCUT2D eigenvalue weighted by Gasteiger charge is 2.58. The zero-order chi connectivity index (χ0) is 44.1. The van der Waals surface area contributed by atoms with Gasteiger partial charge in [0, 0.05) is 78.9 Å². The van der Waals surface area contributed by atoms with E-state index in [1.54, 1.807) is 20.2 Å². The summed E-state index contributed by atoms with van der Waals surface area (Å²) in [5, 5.41) is 4.78. The van der Waals surface area contributed by atoms with Gasteiger partial charge < -0.3 is 23.7 Å². The molecule has 4 aromatic rings. The molecule has 6 heterocycles. The van der Waals surface area contributed by atoms with Gasteiger partial charge in [-0.15, -0.1) is 11.3 Å². The fourth-order valence-corrected chi connectivity index (χ4v) is 10.6. The summed E-state index contributed by atoms with van der Waals surface area (Å²) in [5.41, 5.74) is 7.41. The average molecular weight is 866 g/mol. The Morgan fingerprint density at radius 3 is 2.58 bits per heavy atom. The minimum atomic E-state index is -1.57. The summed E-state index contributed by atoms with van der Waals surface area (Å²) in [4.78, 5) is 73.0. The molecule has 6 bridgehead atoms. The third-order valence-electron chi connectivity index (χ3n) is 13.2. The van der Waals surface area contributed by atoms with E-state index >= 15 is 0 Å². The number of aryl methyl sites for hydroxylation is 1. The van der Waals surface area contributed by atoms with Crippen LogP contribution in [0.15, 0.2) is 46.9 Å². The van der Waals surface area contributed by atoms with Gasteiger partial charge in [0.15, 0.2) is 5.60 Å². The van der Waals surface area contributed by atoms with Crippen molar-refractivity contribution in [3.63, 3.8) is 0 Å². The Labute approximate surface area is 367 Å². The Morgan fingerprint density at radius 1 is 1.08 bits per heavy atom. The molecule has 3 aromatic heterocycles. The monoisotopic (exact) mass is 865 g/mol. The predicted octanol–water partition coefficient (Wildman–Crippen LogP) is 6.90.